The molecule has 1 aromatic rings. The van der Waals surface area contributed by atoms with Crippen LogP contribution in [0.2, 0.25) is 0 Å². The fourth-order valence-corrected chi connectivity index (χ4v) is 2.21. The summed E-state index contributed by atoms with van der Waals surface area (Å²) in [5.74, 6) is -0.217. The van der Waals surface area contributed by atoms with Gasteiger partial charge in [-0.1, -0.05) is 31.2 Å². The predicted octanol–water partition coefficient (Wildman–Crippen LogP) is 0.888. The highest BCUT2D eigenvalue weighted by Crippen LogP contribution is 2.31. The fraction of sp³-hybridized carbons (Fsp3) is 0.500. The monoisotopic (exact) mass is 248 g/mol. The molecule has 98 valence electrons. The second-order valence-electron chi connectivity index (χ2n) is 5.19. The van der Waals surface area contributed by atoms with Crippen molar-refractivity contribution in [3.63, 3.8) is 0 Å². The summed E-state index contributed by atoms with van der Waals surface area (Å²) in [6, 6.07) is 7.43. The molecule has 0 aromatic heterocycles. The molecular weight excluding hydrogens is 228 g/mol. The molecule has 1 aromatic carbocycles. The summed E-state index contributed by atoms with van der Waals surface area (Å²) in [5.41, 5.74) is 7.10. The van der Waals surface area contributed by atoms with Gasteiger partial charge in [0.25, 0.3) is 0 Å². The normalized spacial score (nSPS) is 25.3. The van der Waals surface area contributed by atoms with E-state index < -0.39 is 11.6 Å². The third kappa shape index (κ3) is 2.26. The predicted molar refractivity (Wildman–Crippen MR) is 69.9 cm³/mol. The van der Waals surface area contributed by atoms with Gasteiger partial charge in [0.15, 0.2) is 0 Å². The van der Waals surface area contributed by atoms with Crippen LogP contribution in [0.25, 0.3) is 0 Å². The molecule has 0 fully saturated rings. The van der Waals surface area contributed by atoms with Crippen LogP contribution in [0.4, 0.5) is 0 Å². The summed E-state index contributed by atoms with van der Waals surface area (Å²) in [5, 5.41) is 12.9. The lowest BCUT2D eigenvalue weighted by molar-refractivity contribution is -0.127. The molecule has 0 radical (unpaired) electrons. The van der Waals surface area contributed by atoms with Crippen molar-refractivity contribution in [3.8, 4) is 0 Å². The third-order valence-corrected chi connectivity index (χ3v) is 3.74. The van der Waals surface area contributed by atoms with Crippen molar-refractivity contribution in [2.24, 2.45) is 5.73 Å². The molecule has 4 heteroatoms. The molecule has 0 saturated carbocycles. The molecule has 0 spiro atoms. The van der Waals surface area contributed by atoms with E-state index in [9.17, 15) is 9.90 Å². The first kappa shape index (κ1) is 13.1. The van der Waals surface area contributed by atoms with E-state index in [1.807, 2.05) is 31.2 Å². The maximum atomic E-state index is 12.1. The van der Waals surface area contributed by atoms with E-state index >= 15 is 0 Å². The lowest BCUT2D eigenvalue weighted by atomic mass is 9.98. The minimum absolute atomic E-state index is 0.217. The Kier molecular flexibility index (Phi) is 3.41. The van der Waals surface area contributed by atoms with Gasteiger partial charge >= 0.3 is 0 Å². The molecule has 0 aliphatic heterocycles. The standard InChI is InChI=1S/C14H20N2O2/c1-3-14(2,15)13(18)16-12-10-7-5-4-6-9(10)8-11(12)17/h4-7,11-12,17H,3,8,15H2,1-2H3,(H,16,18). The van der Waals surface area contributed by atoms with Crippen LogP contribution in [-0.2, 0) is 11.2 Å². The van der Waals surface area contributed by atoms with Gasteiger partial charge in [-0.05, 0) is 24.5 Å². The lowest BCUT2D eigenvalue weighted by Crippen LogP contribution is -2.52. The maximum Gasteiger partial charge on any atom is 0.240 e. The van der Waals surface area contributed by atoms with E-state index in [2.05, 4.69) is 5.32 Å². The van der Waals surface area contributed by atoms with E-state index in [4.69, 9.17) is 5.73 Å². The minimum Gasteiger partial charge on any atom is -0.390 e. The molecule has 0 heterocycles. The molecule has 1 aliphatic carbocycles. The Morgan fingerprint density at radius 2 is 2.22 bits per heavy atom. The van der Waals surface area contributed by atoms with Crippen LogP contribution in [0.5, 0.6) is 0 Å². The zero-order chi connectivity index (χ0) is 13.3. The molecule has 2 rings (SSSR count). The Morgan fingerprint density at radius 3 is 2.89 bits per heavy atom. The number of carbonyl (C=O) groups is 1. The van der Waals surface area contributed by atoms with Crippen molar-refractivity contribution in [2.45, 2.75) is 44.4 Å². The van der Waals surface area contributed by atoms with E-state index in [0.717, 1.165) is 11.1 Å². The molecule has 0 saturated heterocycles. The van der Waals surface area contributed by atoms with Crippen LogP contribution < -0.4 is 11.1 Å². The summed E-state index contributed by atoms with van der Waals surface area (Å²) in [6.45, 7) is 3.58. The first-order valence-corrected chi connectivity index (χ1v) is 6.31. The Morgan fingerprint density at radius 1 is 1.56 bits per heavy atom. The summed E-state index contributed by atoms with van der Waals surface area (Å²) < 4.78 is 0. The van der Waals surface area contributed by atoms with Crippen LogP contribution in [0.15, 0.2) is 24.3 Å². The number of carbonyl (C=O) groups excluding carboxylic acids is 1. The molecule has 3 atom stereocenters. The number of aliphatic hydroxyl groups excluding tert-OH is 1. The number of nitrogens with two attached hydrogens (primary N) is 1. The maximum absolute atomic E-state index is 12.1. The zero-order valence-corrected chi connectivity index (χ0v) is 10.8. The highest BCUT2D eigenvalue weighted by molar-refractivity contribution is 5.86. The lowest BCUT2D eigenvalue weighted by Gasteiger charge is -2.26. The summed E-state index contributed by atoms with van der Waals surface area (Å²) >= 11 is 0. The van der Waals surface area contributed by atoms with Gasteiger partial charge in [-0.25, -0.2) is 0 Å². The Labute approximate surface area is 107 Å². The van der Waals surface area contributed by atoms with Gasteiger partial charge < -0.3 is 16.2 Å². The Balaban J connectivity index is 2.18. The zero-order valence-electron chi connectivity index (χ0n) is 10.8. The van der Waals surface area contributed by atoms with Gasteiger partial charge in [-0.3, -0.25) is 4.79 Å². The SMILES string of the molecule is CCC(C)(N)C(=O)NC1c2ccccc2CC1O. The largest absolute Gasteiger partial charge is 0.390 e. The van der Waals surface area contributed by atoms with Crippen LogP contribution >= 0.6 is 0 Å². The van der Waals surface area contributed by atoms with Crippen molar-refractivity contribution in [2.75, 3.05) is 0 Å². The Hall–Kier alpha value is -1.39. The van der Waals surface area contributed by atoms with Crippen LogP contribution in [-0.4, -0.2) is 22.7 Å². The number of rotatable bonds is 3. The third-order valence-electron chi connectivity index (χ3n) is 3.74. The van der Waals surface area contributed by atoms with Crippen molar-refractivity contribution >= 4 is 5.91 Å². The van der Waals surface area contributed by atoms with Gasteiger partial charge in [0.1, 0.15) is 0 Å². The first-order chi connectivity index (χ1) is 8.45. The van der Waals surface area contributed by atoms with Crippen LogP contribution in [0, 0.1) is 0 Å². The number of hydrogen-bond donors (Lipinski definition) is 3. The van der Waals surface area contributed by atoms with E-state index in [1.165, 1.54) is 0 Å². The van der Waals surface area contributed by atoms with Gasteiger partial charge in [-0.15, -0.1) is 0 Å². The molecule has 18 heavy (non-hydrogen) atoms. The highest BCUT2D eigenvalue weighted by atomic mass is 16.3. The summed E-state index contributed by atoms with van der Waals surface area (Å²) in [7, 11) is 0. The first-order valence-electron chi connectivity index (χ1n) is 6.31. The summed E-state index contributed by atoms with van der Waals surface area (Å²) in [4.78, 5) is 12.1. The van der Waals surface area contributed by atoms with Gasteiger partial charge in [-0.2, -0.15) is 0 Å². The number of amides is 1. The average Bonchev–Trinajstić information content (AvgIpc) is 2.66. The molecule has 4 nitrogen and oxygen atoms in total. The van der Waals surface area contributed by atoms with Crippen molar-refractivity contribution in [3.05, 3.63) is 35.4 Å². The van der Waals surface area contributed by atoms with E-state index in [0.29, 0.717) is 12.8 Å². The number of nitrogens with one attached hydrogen (secondary N) is 1. The van der Waals surface area contributed by atoms with Crippen LogP contribution in [0.3, 0.4) is 0 Å². The quantitative estimate of drug-likeness (QED) is 0.743. The van der Waals surface area contributed by atoms with Gasteiger partial charge in [0.2, 0.25) is 5.91 Å². The van der Waals surface area contributed by atoms with Crippen molar-refractivity contribution < 1.29 is 9.90 Å². The fourth-order valence-electron chi connectivity index (χ4n) is 2.21. The molecular formula is C14H20N2O2. The molecule has 1 aliphatic rings. The number of fused-ring (bicyclic) bond motifs is 1. The van der Waals surface area contributed by atoms with Gasteiger partial charge in [0.05, 0.1) is 17.7 Å². The second-order valence-corrected chi connectivity index (χ2v) is 5.19. The highest BCUT2D eigenvalue weighted by Gasteiger charge is 2.35. The van der Waals surface area contributed by atoms with Crippen molar-refractivity contribution in [1.29, 1.82) is 0 Å². The van der Waals surface area contributed by atoms with Crippen molar-refractivity contribution in [1.82, 2.24) is 5.32 Å². The molecule has 0 bridgehead atoms. The average molecular weight is 248 g/mol. The number of hydrogen-bond acceptors (Lipinski definition) is 3. The molecule has 4 N–H and O–H groups in total. The van der Waals surface area contributed by atoms with Gasteiger partial charge in [0, 0.05) is 6.42 Å². The van der Waals surface area contributed by atoms with Crippen LogP contribution in [0.1, 0.15) is 37.4 Å². The second kappa shape index (κ2) is 4.71. The minimum atomic E-state index is -0.892. The number of aliphatic hydroxyl groups is 1. The molecule has 3 unspecified atom stereocenters. The van der Waals surface area contributed by atoms with E-state index in [1.54, 1.807) is 6.92 Å². The smallest absolute Gasteiger partial charge is 0.240 e. The molecule has 1 amide bonds. The van der Waals surface area contributed by atoms with E-state index in [-0.39, 0.29) is 11.9 Å². The summed E-state index contributed by atoms with van der Waals surface area (Å²) in [6.07, 6.45) is 0.566. The number of benzene rings is 1. The Bertz CT molecular complexity index is 457. The topological polar surface area (TPSA) is 75.4 Å².